The number of amides is 1. The van der Waals surface area contributed by atoms with Crippen LogP contribution in [0.25, 0.3) is 16.6 Å². The number of aromatic amines is 1. The number of hydrogen-bond donors (Lipinski definition) is 3. The molecule has 0 atom stereocenters. The Morgan fingerprint density at radius 1 is 1.20 bits per heavy atom. The van der Waals surface area contributed by atoms with Crippen LogP contribution in [0.1, 0.15) is 21.6 Å². The molecule has 180 valence electrons. The summed E-state index contributed by atoms with van der Waals surface area (Å²) in [4.78, 5) is 41.6. The summed E-state index contributed by atoms with van der Waals surface area (Å²) in [5.41, 5.74) is -1.70. The number of alkyl halides is 3. The number of carbonyl (C=O) groups is 2. The molecule has 0 aliphatic heterocycles. The van der Waals surface area contributed by atoms with Gasteiger partial charge in [-0.3, -0.25) is 10.1 Å². The molecule has 0 fully saturated rings. The Labute approximate surface area is 198 Å². The normalized spacial score (nSPS) is 11.4. The summed E-state index contributed by atoms with van der Waals surface area (Å²) in [5.74, 6) is -1.39. The maximum atomic E-state index is 13.1. The van der Waals surface area contributed by atoms with Crippen LogP contribution in [0.2, 0.25) is 5.02 Å². The number of anilines is 1. The van der Waals surface area contributed by atoms with Gasteiger partial charge in [0.1, 0.15) is 12.2 Å². The lowest BCUT2D eigenvalue weighted by molar-refractivity contribution is -0.136. The zero-order valence-electron chi connectivity index (χ0n) is 17.4. The molecule has 0 spiro atoms. The molecule has 0 aliphatic rings. The van der Waals surface area contributed by atoms with Crippen molar-refractivity contribution >= 4 is 40.3 Å². The average Bonchev–Trinajstić information content (AvgIpc) is 3.25. The molecule has 2 heterocycles. The number of nitrogens with one attached hydrogen (secondary N) is 2. The molecule has 13 heteroatoms. The maximum absolute atomic E-state index is 13.1. The van der Waals surface area contributed by atoms with Gasteiger partial charge < -0.3 is 19.4 Å². The third-order valence-electron chi connectivity index (χ3n) is 4.88. The second-order valence-electron chi connectivity index (χ2n) is 7.22. The van der Waals surface area contributed by atoms with Gasteiger partial charge in [-0.15, -0.1) is 0 Å². The summed E-state index contributed by atoms with van der Waals surface area (Å²) in [6.07, 6.45) is -2.94. The van der Waals surface area contributed by atoms with E-state index in [1.165, 1.54) is 47.4 Å². The van der Waals surface area contributed by atoms with Crippen molar-refractivity contribution in [1.82, 2.24) is 14.5 Å². The number of aromatic nitrogens is 3. The van der Waals surface area contributed by atoms with Crippen LogP contribution in [-0.2, 0) is 17.5 Å². The molecule has 0 aliphatic carbocycles. The molecule has 1 amide bonds. The van der Waals surface area contributed by atoms with E-state index >= 15 is 0 Å². The van der Waals surface area contributed by atoms with Gasteiger partial charge in [-0.25, -0.2) is 14.6 Å². The summed E-state index contributed by atoms with van der Waals surface area (Å²) in [6.45, 7) is -0.352. The highest BCUT2D eigenvalue weighted by Crippen LogP contribution is 2.34. The van der Waals surface area contributed by atoms with E-state index in [2.05, 4.69) is 15.3 Å². The second kappa shape index (κ2) is 9.14. The van der Waals surface area contributed by atoms with Crippen LogP contribution in [0, 0.1) is 0 Å². The quantitative estimate of drug-likeness (QED) is 0.356. The van der Waals surface area contributed by atoms with Gasteiger partial charge in [-0.05, 0) is 30.3 Å². The average molecular weight is 507 g/mol. The Kier molecular flexibility index (Phi) is 6.22. The molecule has 0 saturated heterocycles. The lowest BCUT2D eigenvalue weighted by Crippen LogP contribution is -2.17. The Hall–Kier alpha value is -4.32. The zero-order chi connectivity index (χ0) is 25.3. The van der Waals surface area contributed by atoms with Crippen molar-refractivity contribution in [3.63, 3.8) is 0 Å². The summed E-state index contributed by atoms with van der Waals surface area (Å²) in [5, 5.41) is 11.8. The monoisotopic (exact) mass is 506 g/mol. The Morgan fingerprint density at radius 3 is 2.66 bits per heavy atom. The van der Waals surface area contributed by atoms with Crippen molar-refractivity contribution in [2.45, 2.75) is 12.8 Å². The van der Waals surface area contributed by atoms with Gasteiger partial charge in [0.25, 0.3) is 5.56 Å². The first-order valence-corrected chi connectivity index (χ1v) is 10.1. The standard InChI is InChI=1S/C22H14ClF3N4O5/c23-15-7-17-11(5-13(20(32)33)19(31)28-17)6-18(15)30-8-12(27-10-30)9-35-21(34)29-16-4-2-1-3-14(16)22(24,25)26/h1-8,10H,9H2,(H,28,31)(H,29,34)(H,32,33). The van der Waals surface area contributed by atoms with Crippen molar-refractivity contribution in [1.29, 1.82) is 0 Å². The molecule has 35 heavy (non-hydrogen) atoms. The Balaban J connectivity index is 1.50. The first-order valence-electron chi connectivity index (χ1n) is 9.76. The van der Waals surface area contributed by atoms with Crippen LogP contribution < -0.4 is 10.9 Å². The molecule has 9 nitrogen and oxygen atoms in total. The number of ether oxygens (including phenoxy) is 1. The molecule has 4 aromatic rings. The highest BCUT2D eigenvalue weighted by molar-refractivity contribution is 6.33. The predicted octanol–water partition coefficient (Wildman–Crippen LogP) is 4.83. The van der Waals surface area contributed by atoms with Crippen molar-refractivity contribution < 1.29 is 32.6 Å². The number of halogens is 4. The van der Waals surface area contributed by atoms with Crippen molar-refractivity contribution in [3.05, 3.63) is 87.2 Å². The number of benzene rings is 2. The molecule has 2 aromatic heterocycles. The minimum absolute atomic E-state index is 0.211. The minimum atomic E-state index is -4.65. The fraction of sp³-hybridized carbons (Fsp3) is 0.0909. The third-order valence-corrected chi connectivity index (χ3v) is 5.18. The number of aromatic carboxylic acids is 1. The summed E-state index contributed by atoms with van der Waals surface area (Å²) >= 11 is 6.30. The minimum Gasteiger partial charge on any atom is -0.477 e. The molecule has 0 saturated carbocycles. The zero-order valence-corrected chi connectivity index (χ0v) is 18.1. The fourth-order valence-electron chi connectivity index (χ4n) is 3.27. The maximum Gasteiger partial charge on any atom is 0.418 e. The Morgan fingerprint density at radius 2 is 1.94 bits per heavy atom. The van der Waals surface area contributed by atoms with E-state index in [0.717, 1.165) is 12.1 Å². The molecule has 2 aromatic carbocycles. The number of pyridine rings is 1. The fourth-order valence-corrected chi connectivity index (χ4v) is 3.53. The number of nitrogens with zero attached hydrogens (tertiary/aromatic N) is 2. The predicted molar refractivity (Wildman–Crippen MR) is 119 cm³/mol. The number of fused-ring (bicyclic) bond motifs is 1. The lowest BCUT2D eigenvalue weighted by atomic mass is 10.1. The number of H-pyrrole nitrogens is 1. The van der Waals surface area contributed by atoms with E-state index in [1.54, 1.807) is 0 Å². The number of para-hydroxylation sites is 1. The van der Waals surface area contributed by atoms with Gasteiger partial charge in [0, 0.05) is 17.1 Å². The van der Waals surface area contributed by atoms with Crippen molar-refractivity contribution in [2.75, 3.05) is 5.32 Å². The van der Waals surface area contributed by atoms with Crippen LogP contribution in [-0.4, -0.2) is 31.7 Å². The van der Waals surface area contributed by atoms with Gasteiger partial charge in [-0.2, -0.15) is 13.2 Å². The molecule has 3 N–H and O–H groups in total. The van der Waals surface area contributed by atoms with E-state index in [9.17, 15) is 27.6 Å². The number of rotatable bonds is 5. The van der Waals surface area contributed by atoms with E-state index in [4.69, 9.17) is 21.4 Å². The smallest absolute Gasteiger partial charge is 0.418 e. The van der Waals surface area contributed by atoms with E-state index < -0.39 is 40.6 Å². The van der Waals surface area contributed by atoms with Gasteiger partial charge in [0.15, 0.2) is 0 Å². The number of carboxylic acids is 1. The van der Waals surface area contributed by atoms with Crippen LogP contribution in [0.4, 0.5) is 23.7 Å². The number of imidazole rings is 1. The number of hydrogen-bond acceptors (Lipinski definition) is 5. The molecular weight excluding hydrogens is 493 g/mol. The Bertz CT molecular complexity index is 1510. The lowest BCUT2D eigenvalue weighted by Gasteiger charge is -2.13. The molecule has 0 radical (unpaired) electrons. The highest BCUT2D eigenvalue weighted by Gasteiger charge is 2.33. The summed E-state index contributed by atoms with van der Waals surface area (Å²) < 4.78 is 45.6. The highest BCUT2D eigenvalue weighted by atomic mass is 35.5. The molecular formula is C22H14ClF3N4O5. The van der Waals surface area contributed by atoms with Crippen LogP contribution in [0.3, 0.4) is 0 Å². The van der Waals surface area contributed by atoms with E-state index in [-0.39, 0.29) is 17.3 Å². The van der Waals surface area contributed by atoms with Gasteiger partial charge in [0.2, 0.25) is 0 Å². The first-order chi connectivity index (χ1) is 16.5. The van der Waals surface area contributed by atoms with Crippen LogP contribution in [0.15, 0.2) is 59.8 Å². The van der Waals surface area contributed by atoms with Gasteiger partial charge >= 0.3 is 18.2 Å². The SMILES string of the molecule is O=C(Nc1ccccc1C(F)(F)F)OCc1cn(-c2cc3cc(C(=O)O)c(=O)[nH]c3cc2Cl)cn1. The van der Waals surface area contributed by atoms with Gasteiger partial charge in [0.05, 0.1) is 34.0 Å². The first kappa shape index (κ1) is 23.8. The molecule has 0 unspecified atom stereocenters. The molecule has 0 bridgehead atoms. The van der Waals surface area contributed by atoms with Crippen LogP contribution in [0.5, 0.6) is 0 Å². The van der Waals surface area contributed by atoms with Gasteiger partial charge in [-0.1, -0.05) is 23.7 Å². The largest absolute Gasteiger partial charge is 0.477 e. The van der Waals surface area contributed by atoms with E-state index in [0.29, 0.717) is 16.6 Å². The summed E-state index contributed by atoms with van der Waals surface area (Å²) in [7, 11) is 0. The topological polar surface area (TPSA) is 126 Å². The van der Waals surface area contributed by atoms with Crippen LogP contribution >= 0.6 is 11.6 Å². The second-order valence-corrected chi connectivity index (χ2v) is 7.63. The van der Waals surface area contributed by atoms with Crippen molar-refractivity contribution in [3.8, 4) is 5.69 Å². The van der Waals surface area contributed by atoms with Crippen molar-refractivity contribution in [2.24, 2.45) is 0 Å². The molecule has 4 rings (SSSR count). The third kappa shape index (κ3) is 5.11. The number of carbonyl (C=O) groups excluding carboxylic acids is 1. The van der Waals surface area contributed by atoms with E-state index in [1.807, 2.05) is 0 Å². The summed E-state index contributed by atoms with van der Waals surface area (Å²) in [6, 6.07) is 8.66. The number of carboxylic acid groups (broad SMARTS) is 1.